The van der Waals surface area contributed by atoms with Gasteiger partial charge in [0.25, 0.3) is 0 Å². The van der Waals surface area contributed by atoms with Crippen molar-refractivity contribution in [3.05, 3.63) is 12.3 Å². The number of carbonyl (C=O) groups excluding carboxylic acids is 1. The highest BCUT2D eigenvalue weighted by Crippen LogP contribution is 2.38. The average molecular weight is 263 g/mol. The summed E-state index contributed by atoms with van der Waals surface area (Å²) >= 11 is 0. The number of rotatable bonds is 5. The van der Waals surface area contributed by atoms with Gasteiger partial charge in [-0.3, -0.25) is 4.79 Å². The molecular weight excluding hydrogens is 242 g/mol. The molecule has 1 N–H and O–H groups in total. The third-order valence-corrected chi connectivity index (χ3v) is 3.56. The van der Waals surface area contributed by atoms with E-state index in [-0.39, 0.29) is 11.8 Å². The quantitative estimate of drug-likeness (QED) is 0.884. The average Bonchev–Trinajstić information content (AvgIpc) is 3.21. The van der Waals surface area contributed by atoms with Crippen LogP contribution in [-0.4, -0.2) is 32.1 Å². The van der Waals surface area contributed by atoms with Gasteiger partial charge in [-0.1, -0.05) is 6.92 Å². The van der Waals surface area contributed by atoms with Crippen molar-refractivity contribution in [2.45, 2.75) is 19.8 Å². The first kappa shape index (κ1) is 13.6. The van der Waals surface area contributed by atoms with Crippen LogP contribution in [0.15, 0.2) is 12.3 Å². The minimum Gasteiger partial charge on any atom is -0.479 e. The van der Waals surface area contributed by atoms with Gasteiger partial charge in [-0.2, -0.15) is 0 Å². The fraction of sp³-hybridized carbons (Fsp3) is 0.571. The second kappa shape index (κ2) is 5.47. The first-order valence-electron chi connectivity index (χ1n) is 6.55. The Labute approximate surface area is 114 Å². The Bertz CT molecular complexity index is 470. The van der Waals surface area contributed by atoms with Crippen LogP contribution < -0.4 is 15.0 Å². The molecule has 1 saturated carbocycles. The summed E-state index contributed by atoms with van der Waals surface area (Å²) < 4.78 is 5.24. The summed E-state index contributed by atoms with van der Waals surface area (Å²) in [5.74, 6) is 1.06. The largest absolute Gasteiger partial charge is 0.479 e. The van der Waals surface area contributed by atoms with E-state index in [1.807, 2.05) is 32.0 Å². The van der Waals surface area contributed by atoms with E-state index in [1.54, 1.807) is 13.3 Å². The number of hydrogen-bond acceptors (Lipinski definition) is 4. The van der Waals surface area contributed by atoms with Crippen molar-refractivity contribution < 1.29 is 9.53 Å². The number of anilines is 2. The number of amides is 1. The molecule has 1 fully saturated rings. The van der Waals surface area contributed by atoms with Crippen LogP contribution in [0.3, 0.4) is 0 Å². The Hall–Kier alpha value is -1.78. The standard InChI is InChI=1S/C14H21N3O2/c1-9(10-5-6-10)13(18)16-12-11(17(2)3)7-8-15-14(12)19-4/h7-10H,5-6H2,1-4H3,(H,16,18). The lowest BCUT2D eigenvalue weighted by atomic mass is 10.1. The van der Waals surface area contributed by atoms with Gasteiger partial charge in [-0.15, -0.1) is 0 Å². The molecular formula is C14H21N3O2. The highest BCUT2D eigenvalue weighted by atomic mass is 16.5. The van der Waals surface area contributed by atoms with E-state index in [9.17, 15) is 4.79 Å². The van der Waals surface area contributed by atoms with Gasteiger partial charge in [0.2, 0.25) is 11.8 Å². The molecule has 0 bridgehead atoms. The number of ether oxygens (including phenoxy) is 1. The van der Waals surface area contributed by atoms with Crippen LogP contribution in [0.5, 0.6) is 5.88 Å². The molecule has 1 aliphatic carbocycles. The summed E-state index contributed by atoms with van der Waals surface area (Å²) in [7, 11) is 5.41. The SMILES string of the molecule is COc1nccc(N(C)C)c1NC(=O)C(C)C1CC1. The Morgan fingerprint density at radius 1 is 1.53 bits per heavy atom. The van der Waals surface area contributed by atoms with Gasteiger partial charge in [0.1, 0.15) is 5.69 Å². The molecule has 1 atom stereocenters. The Morgan fingerprint density at radius 3 is 2.74 bits per heavy atom. The van der Waals surface area contributed by atoms with Crippen LogP contribution in [0.4, 0.5) is 11.4 Å². The third-order valence-electron chi connectivity index (χ3n) is 3.56. The minimum absolute atomic E-state index is 0.0388. The maximum absolute atomic E-state index is 12.2. The van der Waals surface area contributed by atoms with E-state index in [2.05, 4.69) is 10.3 Å². The zero-order valence-corrected chi connectivity index (χ0v) is 11.9. The van der Waals surface area contributed by atoms with Crippen LogP contribution in [0.1, 0.15) is 19.8 Å². The number of nitrogens with zero attached hydrogens (tertiary/aromatic N) is 2. The van der Waals surface area contributed by atoms with E-state index >= 15 is 0 Å². The summed E-state index contributed by atoms with van der Waals surface area (Å²) in [4.78, 5) is 18.3. The van der Waals surface area contributed by atoms with E-state index in [0.29, 0.717) is 17.5 Å². The van der Waals surface area contributed by atoms with Crippen LogP contribution in [0.2, 0.25) is 0 Å². The third kappa shape index (κ3) is 2.97. The summed E-state index contributed by atoms with van der Waals surface area (Å²) in [5, 5.41) is 2.96. The second-order valence-corrected chi connectivity index (χ2v) is 5.22. The number of aromatic nitrogens is 1. The molecule has 5 heteroatoms. The molecule has 0 spiro atoms. The highest BCUT2D eigenvalue weighted by Gasteiger charge is 2.33. The van der Waals surface area contributed by atoms with E-state index in [0.717, 1.165) is 18.5 Å². The lowest BCUT2D eigenvalue weighted by Crippen LogP contribution is -2.24. The molecule has 0 aromatic carbocycles. The molecule has 0 aliphatic heterocycles. The molecule has 104 valence electrons. The van der Waals surface area contributed by atoms with Gasteiger partial charge in [-0.25, -0.2) is 4.98 Å². The zero-order valence-electron chi connectivity index (χ0n) is 11.9. The summed E-state index contributed by atoms with van der Waals surface area (Å²) in [6.45, 7) is 1.98. The van der Waals surface area contributed by atoms with Gasteiger partial charge in [-0.05, 0) is 24.8 Å². The minimum atomic E-state index is 0.0388. The first-order valence-corrected chi connectivity index (χ1v) is 6.55. The molecule has 19 heavy (non-hydrogen) atoms. The maximum Gasteiger partial charge on any atom is 0.239 e. The molecule has 5 nitrogen and oxygen atoms in total. The predicted octanol–water partition coefficient (Wildman–Crippen LogP) is 2.14. The maximum atomic E-state index is 12.2. The van der Waals surface area contributed by atoms with Crippen molar-refractivity contribution in [2.24, 2.45) is 11.8 Å². The van der Waals surface area contributed by atoms with Crippen molar-refractivity contribution in [3.8, 4) is 5.88 Å². The summed E-state index contributed by atoms with van der Waals surface area (Å²) in [6.07, 6.45) is 3.98. The molecule has 2 rings (SSSR count). The number of carbonyl (C=O) groups is 1. The van der Waals surface area contributed by atoms with Crippen LogP contribution in [0.25, 0.3) is 0 Å². The fourth-order valence-electron chi connectivity index (χ4n) is 2.13. The molecule has 1 aliphatic rings. The van der Waals surface area contributed by atoms with Crippen LogP contribution in [-0.2, 0) is 4.79 Å². The summed E-state index contributed by atoms with van der Waals surface area (Å²) in [6, 6.07) is 1.86. The van der Waals surface area contributed by atoms with Gasteiger partial charge in [0.05, 0.1) is 12.8 Å². The molecule has 1 amide bonds. The van der Waals surface area contributed by atoms with Crippen molar-refractivity contribution in [1.29, 1.82) is 0 Å². The Kier molecular flexibility index (Phi) is 3.93. The smallest absolute Gasteiger partial charge is 0.239 e. The monoisotopic (exact) mass is 263 g/mol. The van der Waals surface area contributed by atoms with E-state index < -0.39 is 0 Å². The number of pyridine rings is 1. The Balaban J connectivity index is 2.24. The fourth-order valence-corrected chi connectivity index (χ4v) is 2.13. The zero-order chi connectivity index (χ0) is 14.0. The molecule has 1 aromatic rings. The van der Waals surface area contributed by atoms with Crippen molar-refractivity contribution >= 4 is 17.3 Å². The van der Waals surface area contributed by atoms with Gasteiger partial charge >= 0.3 is 0 Å². The topological polar surface area (TPSA) is 54.5 Å². The number of nitrogens with one attached hydrogen (secondary N) is 1. The number of hydrogen-bond donors (Lipinski definition) is 1. The van der Waals surface area contributed by atoms with E-state index in [1.165, 1.54) is 0 Å². The molecule has 0 saturated heterocycles. The van der Waals surface area contributed by atoms with Crippen molar-refractivity contribution in [2.75, 3.05) is 31.4 Å². The van der Waals surface area contributed by atoms with Crippen molar-refractivity contribution in [3.63, 3.8) is 0 Å². The molecule has 1 unspecified atom stereocenters. The van der Waals surface area contributed by atoms with E-state index in [4.69, 9.17) is 4.74 Å². The lowest BCUT2D eigenvalue weighted by molar-refractivity contribution is -0.119. The molecule has 0 radical (unpaired) electrons. The molecule has 1 aromatic heterocycles. The van der Waals surface area contributed by atoms with Gasteiger partial charge in [0, 0.05) is 26.2 Å². The van der Waals surface area contributed by atoms with Gasteiger partial charge in [0.15, 0.2) is 0 Å². The second-order valence-electron chi connectivity index (χ2n) is 5.22. The Morgan fingerprint density at radius 2 is 2.21 bits per heavy atom. The summed E-state index contributed by atoms with van der Waals surface area (Å²) in [5.41, 5.74) is 1.54. The van der Waals surface area contributed by atoms with Crippen molar-refractivity contribution in [1.82, 2.24) is 4.98 Å². The first-order chi connectivity index (χ1) is 9.04. The van der Waals surface area contributed by atoms with Crippen LogP contribution >= 0.6 is 0 Å². The lowest BCUT2D eigenvalue weighted by Gasteiger charge is -2.20. The predicted molar refractivity (Wildman–Crippen MR) is 75.6 cm³/mol. The molecule has 1 heterocycles. The highest BCUT2D eigenvalue weighted by molar-refractivity contribution is 5.97. The van der Waals surface area contributed by atoms with Crippen LogP contribution in [0, 0.1) is 11.8 Å². The number of methoxy groups -OCH3 is 1. The van der Waals surface area contributed by atoms with Gasteiger partial charge < -0.3 is 15.0 Å². The normalized spacial score (nSPS) is 15.8.